The van der Waals surface area contributed by atoms with Gasteiger partial charge in [-0.15, -0.1) is 0 Å². The summed E-state index contributed by atoms with van der Waals surface area (Å²) in [6, 6.07) is 6.00. The van der Waals surface area contributed by atoms with Crippen LogP contribution in [0.2, 0.25) is 0 Å². The number of benzene rings is 1. The molecule has 2 N–H and O–H groups in total. The zero-order valence-corrected chi connectivity index (χ0v) is 11.4. The molecule has 5 nitrogen and oxygen atoms in total. The van der Waals surface area contributed by atoms with E-state index in [0.29, 0.717) is 24.9 Å². The number of carbonyl (C=O) groups is 2. The Morgan fingerprint density at radius 1 is 1.30 bits per heavy atom. The number of nitrogens with one attached hydrogen (secondary N) is 1. The zero-order chi connectivity index (χ0) is 15.0. The highest BCUT2D eigenvalue weighted by Gasteiger charge is 2.10. The summed E-state index contributed by atoms with van der Waals surface area (Å²) in [5.41, 5.74) is 0.455. The topological polar surface area (TPSA) is 69.6 Å². The fraction of sp³-hybridized carbons (Fsp3) is 0.429. The number of hydrogen-bond donors (Lipinski definition) is 2. The molecule has 0 unspecified atom stereocenters. The van der Waals surface area contributed by atoms with E-state index in [2.05, 4.69) is 5.32 Å². The van der Waals surface area contributed by atoms with Crippen LogP contribution in [0, 0.1) is 5.82 Å². The molecule has 0 fully saturated rings. The lowest BCUT2D eigenvalue weighted by atomic mass is 10.2. The maximum atomic E-state index is 13.4. The van der Waals surface area contributed by atoms with Crippen molar-refractivity contribution in [3.05, 3.63) is 35.6 Å². The van der Waals surface area contributed by atoms with Crippen molar-refractivity contribution < 1.29 is 19.1 Å². The van der Waals surface area contributed by atoms with E-state index in [9.17, 15) is 14.0 Å². The lowest BCUT2D eigenvalue weighted by molar-refractivity contribution is -0.137. The van der Waals surface area contributed by atoms with Gasteiger partial charge >= 0.3 is 12.0 Å². The molecule has 1 rings (SSSR count). The smallest absolute Gasteiger partial charge is 0.317 e. The van der Waals surface area contributed by atoms with E-state index < -0.39 is 5.97 Å². The van der Waals surface area contributed by atoms with Crippen LogP contribution in [0.15, 0.2) is 24.3 Å². The van der Waals surface area contributed by atoms with E-state index in [1.165, 1.54) is 11.0 Å². The van der Waals surface area contributed by atoms with Crippen molar-refractivity contribution in [1.29, 1.82) is 0 Å². The molecule has 20 heavy (non-hydrogen) atoms. The molecule has 0 aliphatic carbocycles. The number of carboxylic acid groups (broad SMARTS) is 1. The molecular formula is C14H19FN2O3. The van der Waals surface area contributed by atoms with Gasteiger partial charge in [0, 0.05) is 32.1 Å². The first-order chi connectivity index (χ1) is 9.50. The molecule has 0 aliphatic heterocycles. The quantitative estimate of drug-likeness (QED) is 0.753. The average molecular weight is 282 g/mol. The van der Waals surface area contributed by atoms with Gasteiger partial charge in [-0.2, -0.15) is 0 Å². The third-order valence-electron chi connectivity index (χ3n) is 2.81. The summed E-state index contributed by atoms with van der Waals surface area (Å²) in [6.07, 6.45) is 1.22. The van der Waals surface area contributed by atoms with Crippen LogP contribution in [0.25, 0.3) is 0 Å². The van der Waals surface area contributed by atoms with Gasteiger partial charge in [-0.3, -0.25) is 4.79 Å². The second-order valence-corrected chi connectivity index (χ2v) is 4.53. The van der Waals surface area contributed by atoms with Gasteiger partial charge in [0.2, 0.25) is 0 Å². The number of aliphatic carboxylic acids is 1. The van der Waals surface area contributed by atoms with E-state index in [0.717, 1.165) is 0 Å². The standard InChI is InChI=1S/C14H19FN2O3/c1-17(10-11-6-2-3-7-12(11)15)14(20)16-9-5-4-8-13(18)19/h2-3,6-7H,4-5,8-10H2,1H3,(H,16,20)(H,18,19). The van der Waals surface area contributed by atoms with Crippen molar-refractivity contribution in [3.63, 3.8) is 0 Å². The molecule has 0 atom stereocenters. The normalized spacial score (nSPS) is 10.1. The Hall–Kier alpha value is -2.11. The first-order valence-electron chi connectivity index (χ1n) is 6.45. The van der Waals surface area contributed by atoms with Crippen LogP contribution in [0.1, 0.15) is 24.8 Å². The molecule has 0 saturated carbocycles. The lowest BCUT2D eigenvalue weighted by Crippen LogP contribution is -2.37. The van der Waals surface area contributed by atoms with Crippen LogP contribution in [-0.4, -0.2) is 35.6 Å². The number of rotatable bonds is 7. The van der Waals surface area contributed by atoms with Crippen LogP contribution in [0.3, 0.4) is 0 Å². The second kappa shape index (κ2) is 8.14. The molecule has 0 saturated heterocycles. The Balaban J connectivity index is 2.29. The summed E-state index contributed by atoms with van der Waals surface area (Å²) >= 11 is 0. The molecule has 2 amide bonds. The van der Waals surface area contributed by atoms with Crippen molar-refractivity contribution in [2.45, 2.75) is 25.8 Å². The van der Waals surface area contributed by atoms with Gasteiger partial charge in [0.05, 0.1) is 0 Å². The fourth-order valence-corrected chi connectivity index (χ4v) is 1.69. The Labute approximate surface area is 117 Å². The average Bonchev–Trinajstić information content (AvgIpc) is 2.40. The monoisotopic (exact) mass is 282 g/mol. The van der Waals surface area contributed by atoms with Crippen LogP contribution in [-0.2, 0) is 11.3 Å². The number of unbranched alkanes of at least 4 members (excludes halogenated alkanes) is 1. The maximum Gasteiger partial charge on any atom is 0.317 e. The number of urea groups is 1. The Kier molecular flexibility index (Phi) is 6.49. The number of amides is 2. The van der Waals surface area contributed by atoms with Crippen LogP contribution >= 0.6 is 0 Å². The molecule has 6 heteroatoms. The summed E-state index contributed by atoms with van der Waals surface area (Å²) < 4.78 is 13.4. The number of hydrogen-bond acceptors (Lipinski definition) is 2. The van der Waals surface area contributed by atoms with Crippen molar-refractivity contribution in [3.8, 4) is 0 Å². The molecule has 110 valence electrons. The Morgan fingerprint density at radius 2 is 2.00 bits per heavy atom. The molecule has 0 bridgehead atoms. The summed E-state index contributed by atoms with van der Waals surface area (Å²) in [5, 5.41) is 11.1. The van der Waals surface area contributed by atoms with Gasteiger partial charge in [0.1, 0.15) is 5.82 Å². The Bertz CT molecular complexity index is 465. The maximum absolute atomic E-state index is 13.4. The van der Waals surface area contributed by atoms with E-state index in [-0.39, 0.29) is 24.8 Å². The summed E-state index contributed by atoms with van der Waals surface area (Å²) in [6.45, 7) is 0.599. The molecule has 0 heterocycles. The van der Waals surface area contributed by atoms with E-state index >= 15 is 0 Å². The predicted molar refractivity (Wildman–Crippen MR) is 72.8 cm³/mol. The van der Waals surface area contributed by atoms with Crippen LogP contribution in [0.5, 0.6) is 0 Å². The van der Waals surface area contributed by atoms with Crippen LogP contribution < -0.4 is 5.32 Å². The SMILES string of the molecule is CN(Cc1ccccc1F)C(=O)NCCCCC(=O)O. The van der Waals surface area contributed by atoms with E-state index in [1.54, 1.807) is 25.2 Å². The molecule has 0 spiro atoms. The highest BCUT2D eigenvalue weighted by molar-refractivity contribution is 5.73. The molecule has 0 radical (unpaired) electrons. The fourth-order valence-electron chi connectivity index (χ4n) is 1.69. The largest absolute Gasteiger partial charge is 0.481 e. The number of halogens is 1. The van der Waals surface area contributed by atoms with Gasteiger partial charge < -0.3 is 15.3 Å². The third-order valence-corrected chi connectivity index (χ3v) is 2.81. The minimum Gasteiger partial charge on any atom is -0.481 e. The number of nitrogens with zero attached hydrogens (tertiary/aromatic N) is 1. The number of carboxylic acids is 1. The summed E-state index contributed by atoms with van der Waals surface area (Å²) in [5.74, 6) is -1.18. The van der Waals surface area contributed by atoms with Crippen molar-refractivity contribution in [1.82, 2.24) is 10.2 Å². The van der Waals surface area contributed by atoms with Crippen LogP contribution in [0.4, 0.5) is 9.18 Å². The molecule has 0 aromatic heterocycles. The molecule has 0 aliphatic rings. The minimum absolute atomic E-state index is 0.0982. The molecule has 1 aromatic rings. The minimum atomic E-state index is -0.840. The molecular weight excluding hydrogens is 263 g/mol. The van der Waals surface area contributed by atoms with Crippen molar-refractivity contribution >= 4 is 12.0 Å². The highest BCUT2D eigenvalue weighted by atomic mass is 19.1. The van der Waals surface area contributed by atoms with E-state index in [1.807, 2.05) is 0 Å². The lowest BCUT2D eigenvalue weighted by Gasteiger charge is -2.18. The summed E-state index contributed by atoms with van der Waals surface area (Å²) in [4.78, 5) is 23.4. The van der Waals surface area contributed by atoms with Gasteiger partial charge in [-0.1, -0.05) is 18.2 Å². The first-order valence-corrected chi connectivity index (χ1v) is 6.45. The zero-order valence-electron chi connectivity index (χ0n) is 11.4. The van der Waals surface area contributed by atoms with Gasteiger partial charge in [-0.25, -0.2) is 9.18 Å². The molecule has 1 aromatic carbocycles. The van der Waals surface area contributed by atoms with Gasteiger partial charge in [-0.05, 0) is 18.9 Å². The first kappa shape index (κ1) is 15.9. The number of carbonyl (C=O) groups excluding carboxylic acids is 1. The Morgan fingerprint density at radius 3 is 2.65 bits per heavy atom. The van der Waals surface area contributed by atoms with Crippen molar-refractivity contribution in [2.24, 2.45) is 0 Å². The van der Waals surface area contributed by atoms with Crippen molar-refractivity contribution in [2.75, 3.05) is 13.6 Å². The third kappa shape index (κ3) is 5.69. The van der Waals surface area contributed by atoms with Gasteiger partial charge in [0.15, 0.2) is 0 Å². The van der Waals surface area contributed by atoms with Gasteiger partial charge in [0.25, 0.3) is 0 Å². The second-order valence-electron chi connectivity index (χ2n) is 4.53. The van der Waals surface area contributed by atoms with E-state index in [4.69, 9.17) is 5.11 Å². The predicted octanol–water partition coefficient (Wildman–Crippen LogP) is 2.22. The summed E-state index contributed by atoms with van der Waals surface area (Å²) in [7, 11) is 1.58. The highest BCUT2D eigenvalue weighted by Crippen LogP contribution is 2.08.